The van der Waals surface area contributed by atoms with Crippen molar-refractivity contribution in [2.75, 3.05) is 20.8 Å². The number of benzene rings is 1. The Morgan fingerprint density at radius 1 is 1.42 bits per heavy atom. The number of para-hydroxylation sites is 1. The quantitative estimate of drug-likeness (QED) is 0.520. The van der Waals surface area contributed by atoms with E-state index in [4.69, 9.17) is 0 Å². The smallest absolute Gasteiger partial charge is 0.217 e. The molecule has 6 nitrogen and oxygen atoms in total. The lowest BCUT2D eigenvalue weighted by Gasteiger charge is -2.03. The van der Waals surface area contributed by atoms with E-state index in [1.54, 1.807) is 20.4 Å². The fourth-order valence-electron chi connectivity index (χ4n) is 1.78. The molecule has 1 unspecified atom stereocenters. The number of nitro groups is 1. The highest BCUT2D eigenvalue weighted by Crippen LogP contribution is 2.24. The Labute approximate surface area is 110 Å². The van der Waals surface area contributed by atoms with E-state index in [2.05, 4.69) is 9.72 Å². The second-order valence-corrected chi connectivity index (χ2v) is 3.96. The highest BCUT2D eigenvalue weighted by atomic mass is 16.6. The lowest BCUT2D eigenvalue weighted by molar-refractivity contribution is -0.481. The van der Waals surface area contributed by atoms with Crippen molar-refractivity contribution in [3.8, 4) is 0 Å². The summed E-state index contributed by atoms with van der Waals surface area (Å²) in [7, 11) is 3.25. The molecule has 0 radical (unpaired) electrons. The normalized spacial score (nSPS) is 11.5. The number of fused-ring (bicyclic) bond motifs is 1. The van der Waals surface area contributed by atoms with Crippen LogP contribution >= 0.6 is 0 Å². The number of carbonyl (C=O) groups excluding carboxylic acids is 1. The van der Waals surface area contributed by atoms with Crippen molar-refractivity contribution in [1.29, 1.82) is 0 Å². The number of nitrogens with zero attached hydrogens (tertiary/aromatic N) is 1. The molecule has 19 heavy (non-hydrogen) atoms. The molecule has 2 aromatic rings. The molecule has 0 amide bonds. The topological polar surface area (TPSA) is 85.2 Å². The predicted molar refractivity (Wildman–Crippen MR) is 71.9 cm³/mol. The van der Waals surface area contributed by atoms with E-state index in [0.29, 0.717) is 11.8 Å². The Balaban J connectivity index is 0.000000550. The summed E-state index contributed by atoms with van der Waals surface area (Å²) in [6.45, 7) is -0.370. The van der Waals surface area contributed by atoms with Crippen molar-refractivity contribution in [2.45, 2.75) is 5.92 Å². The van der Waals surface area contributed by atoms with Crippen LogP contribution in [-0.2, 0) is 9.53 Å². The average molecular weight is 264 g/mol. The zero-order valence-electron chi connectivity index (χ0n) is 10.8. The summed E-state index contributed by atoms with van der Waals surface area (Å²) in [4.78, 5) is 23.8. The summed E-state index contributed by atoms with van der Waals surface area (Å²) in [5.74, 6) is -0.689. The molecular weight excluding hydrogens is 248 g/mol. The van der Waals surface area contributed by atoms with E-state index in [1.165, 1.54) is 0 Å². The van der Waals surface area contributed by atoms with Crippen LogP contribution in [0.3, 0.4) is 0 Å². The Morgan fingerprint density at radius 2 is 2.05 bits per heavy atom. The van der Waals surface area contributed by atoms with Crippen molar-refractivity contribution in [3.05, 3.63) is 46.1 Å². The molecular formula is C13H16N2O4. The van der Waals surface area contributed by atoms with Gasteiger partial charge in [-0.15, -0.1) is 0 Å². The van der Waals surface area contributed by atoms with Crippen LogP contribution in [-0.4, -0.2) is 37.0 Å². The summed E-state index contributed by atoms with van der Waals surface area (Å²) in [6.07, 6.45) is 2.28. The molecule has 0 aliphatic heterocycles. The molecule has 0 aliphatic carbocycles. The molecule has 1 atom stereocenters. The summed E-state index contributed by atoms with van der Waals surface area (Å²) in [5.41, 5.74) is 1.56. The van der Waals surface area contributed by atoms with E-state index < -0.39 is 10.8 Å². The number of nitrogens with one attached hydrogen (secondary N) is 1. The number of H-pyrrole nitrogens is 1. The van der Waals surface area contributed by atoms with Gasteiger partial charge in [-0.1, -0.05) is 18.2 Å². The van der Waals surface area contributed by atoms with Gasteiger partial charge in [-0.05, 0) is 11.6 Å². The lowest BCUT2D eigenvalue weighted by atomic mass is 10.0. The highest BCUT2D eigenvalue weighted by molar-refractivity contribution is 5.86. The van der Waals surface area contributed by atoms with Crippen LogP contribution in [0.2, 0.25) is 0 Å². The molecule has 0 bridgehead atoms. The molecule has 1 heterocycles. The standard InChI is InChI=1S/C11H10N2O3.C2H6O/c14-7-8(6-13(15)16)10-5-12-11-4-2-1-3-9(10)11;1-3-2/h1-5,7-8,12H,6H2;1-2H3. The van der Waals surface area contributed by atoms with Gasteiger partial charge in [-0.2, -0.15) is 0 Å². The summed E-state index contributed by atoms with van der Waals surface area (Å²) < 4.78 is 4.25. The SMILES string of the molecule is COC.O=CC(C[N+](=O)[O-])c1c[nH]c2ccccc12. The Bertz CT molecular complexity index is 550. The van der Waals surface area contributed by atoms with Gasteiger partial charge in [-0.25, -0.2) is 0 Å². The van der Waals surface area contributed by atoms with Gasteiger partial charge in [0.25, 0.3) is 0 Å². The lowest BCUT2D eigenvalue weighted by Crippen LogP contribution is -2.13. The van der Waals surface area contributed by atoms with E-state index in [-0.39, 0.29) is 6.54 Å². The third-order valence-corrected chi connectivity index (χ3v) is 2.53. The van der Waals surface area contributed by atoms with Crippen LogP contribution in [0.25, 0.3) is 10.9 Å². The second kappa shape index (κ2) is 7.27. The third kappa shape index (κ3) is 3.89. The van der Waals surface area contributed by atoms with Gasteiger partial charge in [0.15, 0.2) is 0 Å². The maximum absolute atomic E-state index is 10.9. The second-order valence-electron chi connectivity index (χ2n) is 3.96. The number of ether oxygens (including phenoxy) is 1. The van der Waals surface area contributed by atoms with Crippen LogP contribution in [0.1, 0.15) is 11.5 Å². The van der Waals surface area contributed by atoms with Crippen LogP contribution in [0, 0.1) is 10.1 Å². The minimum Gasteiger partial charge on any atom is -0.388 e. The van der Waals surface area contributed by atoms with E-state index in [0.717, 1.165) is 10.9 Å². The molecule has 2 rings (SSSR count). The minimum absolute atomic E-state index is 0.370. The van der Waals surface area contributed by atoms with Crippen molar-refractivity contribution in [2.24, 2.45) is 0 Å². The zero-order valence-corrected chi connectivity index (χ0v) is 10.8. The average Bonchev–Trinajstić information content (AvgIpc) is 2.80. The first-order valence-electron chi connectivity index (χ1n) is 5.67. The molecule has 0 aliphatic rings. The molecule has 1 aromatic carbocycles. The molecule has 6 heteroatoms. The van der Waals surface area contributed by atoms with Gasteiger partial charge in [-0.3, -0.25) is 10.1 Å². The van der Waals surface area contributed by atoms with Crippen molar-refractivity contribution < 1.29 is 14.5 Å². The van der Waals surface area contributed by atoms with E-state index >= 15 is 0 Å². The fourth-order valence-corrected chi connectivity index (χ4v) is 1.78. The molecule has 1 N–H and O–H groups in total. The van der Waals surface area contributed by atoms with Crippen LogP contribution in [0.5, 0.6) is 0 Å². The maximum Gasteiger partial charge on any atom is 0.217 e. The number of carbonyl (C=O) groups is 1. The first-order chi connectivity index (χ1) is 9.13. The Kier molecular flexibility index (Phi) is 5.69. The molecule has 0 saturated carbocycles. The van der Waals surface area contributed by atoms with Gasteiger partial charge in [0.2, 0.25) is 6.54 Å². The van der Waals surface area contributed by atoms with Crippen molar-refractivity contribution in [1.82, 2.24) is 4.98 Å². The van der Waals surface area contributed by atoms with Gasteiger partial charge in [0.05, 0.1) is 0 Å². The molecule has 0 spiro atoms. The number of aromatic amines is 1. The molecule has 1 aromatic heterocycles. The van der Waals surface area contributed by atoms with Gasteiger partial charge < -0.3 is 14.5 Å². The van der Waals surface area contributed by atoms with Crippen LogP contribution in [0.15, 0.2) is 30.5 Å². The number of hydrogen-bond acceptors (Lipinski definition) is 4. The van der Waals surface area contributed by atoms with Crippen LogP contribution in [0.4, 0.5) is 0 Å². The number of rotatable bonds is 4. The van der Waals surface area contributed by atoms with E-state index in [1.807, 2.05) is 24.3 Å². The van der Waals surface area contributed by atoms with Crippen molar-refractivity contribution >= 4 is 17.2 Å². The number of hydrogen-bond donors (Lipinski definition) is 1. The largest absolute Gasteiger partial charge is 0.388 e. The molecule has 0 saturated heterocycles. The number of aldehydes is 1. The highest BCUT2D eigenvalue weighted by Gasteiger charge is 2.20. The number of methoxy groups -OCH3 is 1. The monoisotopic (exact) mass is 264 g/mol. The Morgan fingerprint density at radius 3 is 2.63 bits per heavy atom. The first kappa shape index (κ1) is 14.8. The Hall–Kier alpha value is -2.21. The number of aromatic nitrogens is 1. The fraction of sp³-hybridized carbons (Fsp3) is 0.308. The predicted octanol–water partition coefficient (Wildman–Crippen LogP) is 1.99. The van der Waals surface area contributed by atoms with Gasteiger partial charge in [0, 0.05) is 36.2 Å². The van der Waals surface area contributed by atoms with Crippen LogP contribution < -0.4 is 0 Å². The maximum atomic E-state index is 10.9. The third-order valence-electron chi connectivity index (χ3n) is 2.53. The van der Waals surface area contributed by atoms with Gasteiger partial charge in [0.1, 0.15) is 12.2 Å². The van der Waals surface area contributed by atoms with Crippen molar-refractivity contribution in [3.63, 3.8) is 0 Å². The zero-order chi connectivity index (χ0) is 14.3. The van der Waals surface area contributed by atoms with Gasteiger partial charge >= 0.3 is 0 Å². The summed E-state index contributed by atoms with van der Waals surface area (Å²) in [5, 5.41) is 11.3. The molecule has 0 fully saturated rings. The first-order valence-corrected chi connectivity index (χ1v) is 5.67. The van der Waals surface area contributed by atoms with E-state index in [9.17, 15) is 14.9 Å². The molecule has 102 valence electrons. The summed E-state index contributed by atoms with van der Waals surface area (Å²) >= 11 is 0. The minimum atomic E-state index is -0.689. The summed E-state index contributed by atoms with van der Waals surface area (Å²) in [6, 6.07) is 7.42.